The minimum absolute atomic E-state index is 0.0123. The van der Waals surface area contributed by atoms with E-state index in [1.807, 2.05) is 58.9 Å². The third kappa shape index (κ3) is 10.6. The normalized spacial score (nSPS) is 23.2. The van der Waals surface area contributed by atoms with Gasteiger partial charge in [-0.3, -0.25) is 23.3 Å². The molecule has 0 saturated carbocycles. The number of aliphatic hydroxyl groups is 2. The third-order valence-corrected chi connectivity index (χ3v) is 18.5. The second kappa shape index (κ2) is 22.0. The molecule has 11 N–H and O–H groups in total. The summed E-state index contributed by atoms with van der Waals surface area (Å²) < 4.78 is 89.1. The molecule has 3 aromatic carbocycles. The zero-order valence-electron chi connectivity index (χ0n) is 46.7. The molecular weight excluding hydrogens is 1130 g/mol. The molecule has 26 nitrogen and oxygen atoms in total. The van der Waals surface area contributed by atoms with Crippen LogP contribution in [0.1, 0.15) is 110 Å². The second-order valence-corrected chi connectivity index (χ2v) is 25.2. The zero-order chi connectivity index (χ0) is 60.7. The number of hydrogen-bond donors (Lipinski definition) is 10. The molecule has 0 bridgehead atoms. The van der Waals surface area contributed by atoms with E-state index in [4.69, 9.17) is 15.2 Å². The number of aliphatic imine (C=N–C) groups is 1. The van der Waals surface area contributed by atoms with Crippen molar-refractivity contribution in [2.24, 2.45) is 10.4 Å². The van der Waals surface area contributed by atoms with Gasteiger partial charge in [-0.05, 0) is 98.0 Å². The fraction of sp³-hybridized carbons (Fsp3) is 0.411. The Hall–Kier alpha value is -7.83. The molecule has 1 aliphatic carbocycles. The molecule has 446 valence electrons. The number of nitrogens with zero attached hydrogens (tertiary/aromatic N) is 5. The molecule has 0 spiro atoms. The van der Waals surface area contributed by atoms with E-state index in [2.05, 4.69) is 46.5 Å². The number of hydrogen-bond acceptors (Lipinski definition) is 21. The summed E-state index contributed by atoms with van der Waals surface area (Å²) in [6.45, 7) is 13.2. The highest BCUT2D eigenvalue weighted by molar-refractivity contribution is 7.90. The monoisotopic (exact) mass is 1190 g/mol. The number of aliphatic hydroxyl groups excluding tert-OH is 2. The molecule has 0 radical (unpaired) electrons. The van der Waals surface area contributed by atoms with Crippen LogP contribution in [0.25, 0.3) is 16.7 Å². The molecule has 10 rings (SSSR count). The molecule has 3 unspecified atom stereocenters. The first-order chi connectivity index (χ1) is 39.5. The Labute approximate surface area is 482 Å². The number of carboxylic acids is 1. The molecule has 2 saturated heterocycles. The average Bonchev–Trinajstić information content (AvgIpc) is 1.42. The molecule has 28 heteroatoms. The number of imidazole rings is 1. The van der Waals surface area contributed by atoms with Gasteiger partial charge in [0.15, 0.2) is 40.2 Å². The predicted molar refractivity (Wildman–Crippen MR) is 303 cm³/mol. The smallest absolute Gasteiger partial charge is 0.300 e. The van der Waals surface area contributed by atoms with Crippen LogP contribution in [0.3, 0.4) is 0 Å². The Balaban J connectivity index is 0.812. The molecule has 84 heavy (non-hydrogen) atoms. The van der Waals surface area contributed by atoms with Gasteiger partial charge in [0.2, 0.25) is 5.95 Å². The number of aromatic carboxylic acids is 1. The number of likely N-dealkylation sites (N-methyl/N-ethyl adjacent to an activating group) is 1. The first-order valence-electron chi connectivity index (χ1n) is 27.1. The SMILES string of the molecule is CCNC(=O)[C@H]1O[C@@H](n2cnc3c(N)nc(NCCc4ccc(CCC([O-])=NCCNC(=O)c5ccc(C6=C7C=C8C(NC(C)C8(C)C)C(S(=O)(=O)O)=C7Oc7c6cc6c(c7S(=O)(=O)O)NC(C)C6(C)C)c(C(=O)[O-])c5)cc4)nc32)[C@H](O)[C@@H]1O. The molecule has 7 atom stereocenters. The minimum atomic E-state index is -5.20. The topological polar surface area (TPSA) is 407 Å². The number of nitrogens with two attached hydrogens (primary N) is 1. The van der Waals surface area contributed by atoms with Crippen molar-refractivity contribution in [1.82, 2.24) is 35.5 Å². The van der Waals surface area contributed by atoms with Crippen LogP contribution in [0, 0.1) is 5.41 Å². The average molecular weight is 1190 g/mol. The lowest BCUT2D eigenvalue weighted by molar-refractivity contribution is -0.255. The van der Waals surface area contributed by atoms with Gasteiger partial charge in [0, 0.05) is 70.4 Å². The van der Waals surface area contributed by atoms with Crippen LogP contribution in [-0.4, -0.2) is 142 Å². The Morgan fingerprint density at radius 2 is 1.58 bits per heavy atom. The number of anilines is 3. The molecule has 2 amide bonds. The Morgan fingerprint density at radius 1 is 0.881 bits per heavy atom. The van der Waals surface area contributed by atoms with Crippen molar-refractivity contribution in [3.63, 3.8) is 0 Å². The van der Waals surface area contributed by atoms with Crippen molar-refractivity contribution in [3.8, 4) is 5.75 Å². The fourth-order valence-electron chi connectivity index (χ4n) is 11.3. The number of nitrogens with one attached hydrogen (secondary N) is 5. The number of carboxylic acid groups (broad SMARTS) is 1. The van der Waals surface area contributed by atoms with Crippen molar-refractivity contribution < 1.29 is 70.2 Å². The molecular formula is C56H63N11O15S2-2. The van der Waals surface area contributed by atoms with E-state index in [1.165, 1.54) is 23.0 Å². The molecule has 5 aliphatic rings. The summed E-state index contributed by atoms with van der Waals surface area (Å²) in [5.74, 6) is -4.31. The molecule has 4 aliphatic heterocycles. The van der Waals surface area contributed by atoms with Gasteiger partial charge < -0.3 is 72.0 Å². The Morgan fingerprint density at radius 3 is 2.25 bits per heavy atom. The molecule has 2 aromatic heterocycles. The summed E-state index contributed by atoms with van der Waals surface area (Å²) in [7, 11) is -10.4. The zero-order valence-corrected chi connectivity index (χ0v) is 48.3. The third-order valence-electron chi connectivity index (χ3n) is 16.6. The van der Waals surface area contributed by atoms with Gasteiger partial charge >= 0.3 is 0 Å². The predicted octanol–water partition coefficient (Wildman–Crippen LogP) is 1.26. The minimum Gasteiger partial charge on any atom is -0.862 e. The van der Waals surface area contributed by atoms with Gasteiger partial charge in [0.25, 0.3) is 32.1 Å². The van der Waals surface area contributed by atoms with E-state index in [1.54, 1.807) is 26.0 Å². The first kappa shape index (κ1) is 59.3. The standard InChI is InChI=1S/C56H65N11O15S2/c1-8-58-51(72)45-41(69)42(70)52(82-45)67-24-62-40-48(57)65-54(66-49(40)67)61-18-17-28-11-9-27(10-12-28)13-16-36(68)59-19-20-60-50(71)29-14-15-30(31(21-29)53(73)74)37-32-22-34-38(63-25(2)55(34,4)5)46(83(75,76)77)43(32)81-44-33(37)23-35-39(47(44)84(78,79)80)64-26(3)56(35,6)7/h9-12,14-15,21-26,38,41-42,45,52,63-64,69-70H,8,13,16-20H2,1-7H3,(H,58,72)(H,59,68)(H,60,71)(H,73,74)(H,75,76,77)(H,78,79,80)(H3,57,61,65,66)/p-2/t25?,26?,38?,41-,42+,45-,52+/m0/s1. The number of benzene rings is 3. The number of amides is 2. The van der Waals surface area contributed by atoms with Gasteiger partial charge in [-0.1, -0.05) is 58.0 Å². The number of carbonyl (C=O) groups excluding carboxylic acids is 3. The number of nitrogen functional groups attached to an aromatic ring is 1. The van der Waals surface area contributed by atoms with E-state index in [-0.39, 0.29) is 82.0 Å². The van der Waals surface area contributed by atoms with Crippen LogP contribution in [0.5, 0.6) is 5.75 Å². The number of fused-ring (bicyclic) bond motifs is 5. The molecule has 5 aromatic rings. The maximum atomic E-state index is 13.6. The van der Waals surface area contributed by atoms with Gasteiger partial charge in [0.1, 0.15) is 22.6 Å². The van der Waals surface area contributed by atoms with Crippen molar-refractivity contribution in [1.29, 1.82) is 0 Å². The van der Waals surface area contributed by atoms with Gasteiger partial charge in [-0.25, -0.2) is 4.98 Å². The quantitative estimate of drug-likeness (QED) is 0.0255. The van der Waals surface area contributed by atoms with Crippen LogP contribution in [0.4, 0.5) is 17.5 Å². The highest BCUT2D eigenvalue weighted by Gasteiger charge is 2.53. The number of allylic oxidation sites excluding steroid dienone is 1. The lowest BCUT2D eigenvalue weighted by atomic mass is 9.74. The lowest BCUT2D eigenvalue weighted by Gasteiger charge is -2.35. The van der Waals surface area contributed by atoms with Crippen molar-refractivity contribution in [2.75, 3.05) is 42.5 Å². The summed E-state index contributed by atoms with van der Waals surface area (Å²) in [4.78, 5) is 55.0. The summed E-state index contributed by atoms with van der Waals surface area (Å²) in [5, 5.41) is 62.0. The summed E-state index contributed by atoms with van der Waals surface area (Å²) in [6, 6.07) is 10.9. The fourth-order valence-corrected chi connectivity index (χ4v) is 13.0. The largest absolute Gasteiger partial charge is 0.862 e. The first-order valence-corrected chi connectivity index (χ1v) is 29.9. The van der Waals surface area contributed by atoms with Crippen LogP contribution in [0.2, 0.25) is 0 Å². The van der Waals surface area contributed by atoms with E-state index >= 15 is 0 Å². The van der Waals surface area contributed by atoms with Gasteiger partial charge in [-0.15, -0.1) is 0 Å². The Kier molecular flexibility index (Phi) is 15.5. The highest BCUT2D eigenvalue weighted by Crippen LogP contribution is 2.57. The number of rotatable bonds is 18. The second-order valence-electron chi connectivity index (χ2n) is 22.4. The maximum absolute atomic E-state index is 13.6. The summed E-state index contributed by atoms with van der Waals surface area (Å²) in [5.41, 5.74) is 6.87. The lowest BCUT2D eigenvalue weighted by Crippen LogP contribution is -2.42. The number of aryl methyl sites for hydroxylation is 1. The van der Waals surface area contributed by atoms with Crippen LogP contribution in [0.15, 0.2) is 92.6 Å². The van der Waals surface area contributed by atoms with Crippen LogP contribution in [-0.2, 0) is 48.0 Å². The molecule has 6 heterocycles. The maximum Gasteiger partial charge on any atom is 0.300 e. The summed E-state index contributed by atoms with van der Waals surface area (Å²) >= 11 is 0. The number of aromatic nitrogens is 4. The van der Waals surface area contributed by atoms with Gasteiger partial charge in [-0.2, -0.15) is 26.8 Å². The highest BCUT2D eigenvalue weighted by atomic mass is 32.2. The van der Waals surface area contributed by atoms with E-state index in [0.717, 1.165) is 17.2 Å². The van der Waals surface area contributed by atoms with Crippen LogP contribution >= 0.6 is 0 Å². The summed E-state index contributed by atoms with van der Waals surface area (Å²) in [6.07, 6.45) is -1.52. The van der Waals surface area contributed by atoms with E-state index in [9.17, 15) is 60.8 Å². The van der Waals surface area contributed by atoms with Crippen molar-refractivity contribution in [2.45, 2.75) is 121 Å². The van der Waals surface area contributed by atoms with Crippen LogP contribution < -0.4 is 47.3 Å². The Bertz CT molecular complexity index is 3930. The van der Waals surface area contributed by atoms with Crippen molar-refractivity contribution in [3.05, 3.63) is 122 Å². The number of ether oxygens (including phenoxy) is 2. The number of carbonyl (C=O) groups is 3. The van der Waals surface area contributed by atoms with E-state index < -0.39 is 118 Å². The van der Waals surface area contributed by atoms with Crippen molar-refractivity contribution >= 4 is 78.1 Å². The van der Waals surface area contributed by atoms with E-state index in [0.29, 0.717) is 37.1 Å². The van der Waals surface area contributed by atoms with Gasteiger partial charge in [0.05, 0.1) is 30.6 Å². The molecule has 2 fully saturated rings.